The predicted octanol–water partition coefficient (Wildman–Crippen LogP) is -1.79. The summed E-state index contributed by atoms with van der Waals surface area (Å²) in [6.07, 6.45) is -9.59. The van der Waals surface area contributed by atoms with E-state index in [1.54, 1.807) is 0 Å². The fourth-order valence-electron chi connectivity index (χ4n) is 2.53. The fourth-order valence-corrected chi connectivity index (χ4v) is 2.53. The molecule has 0 bridgehead atoms. The molecule has 0 aromatic heterocycles. The average Bonchev–Trinajstić information content (AvgIpc) is 2.59. The van der Waals surface area contributed by atoms with Crippen LogP contribution >= 0.6 is 0 Å². The quantitative estimate of drug-likeness (QED) is 0.337. The van der Waals surface area contributed by atoms with Crippen molar-refractivity contribution >= 4 is 17.2 Å². The Bertz CT molecular complexity index is 666. The number of nitrogens with zero attached hydrogens (tertiary/aromatic N) is 1. The van der Waals surface area contributed by atoms with Crippen LogP contribution in [0.2, 0.25) is 0 Å². The van der Waals surface area contributed by atoms with Gasteiger partial charge in [0.15, 0.2) is 5.78 Å². The zero-order valence-corrected chi connectivity index (χ0v) is 13.2. The Kier molecular flexibility index (Phi) is 6.33. The number of aliphatic hydroxyl groups is 6. The Hall–Kier alpha value is -1.75. The van der Waals surface area contributed by atoms with Crippen LogP contribution in [0.1, 0.15) is 12.0 Å². The van der Waals surface area contributed by atoms with Crippen LogP contribution in [-0.2, 0) is 11.2 Å². The maximum absolute atomic E-state index is 13.2. The maximum Gasteiger partial charge on any atom is 0.181 e. The second-order valence-electron chi connectivity index (χ2n) is 5.92. The van der Waals surface area contributed by atoms with Crippen molar-refractivity contribution in [1.82, 2.24) is 0 Å². The highest BCUT2D eigenvalue weighted by molar-refractivity contribution is 6.41. The number of Topliss-reactive ketones (excluding diaryl/α,β-unsaturated/α-hetero) is 1. The number of carbonyl (C=O) groups is 1. The summed E-state index contributed by atoms with van der Waals surface area (Å²) >= 11 is 0. The number of hydrogen-bond donors (Lipinski definition) is 6. The van der Waals surface area contributed by atoms with Gasteiger partial charge in [-0.05, 0) is 23.8 Å². The van der Waals surface area contributed by atoms with Crippen LogP contribution in [-0.4, -0.2) is 79.3 Å². The van der Waals surface area contributed by atoms with Gasteiger partial charge in [0, 0.05) is 12.8 Å². The zero-order chi connectivity index (χ0) is 18.7. The maximum atomic E-state index is 13.2. The Morgan fingerprint density at radius 3 is 2.32 bits per heavy atom. The van der Waals surface area contributed by atoms with Crippen LogP contribution in [0.3, 0.4) is 0 Å². The van der Waals surface area contributed by atoms with Crippen molar-refractivity contribution in [3.63, 3.8) is 0 Å². The molecule has 6 N–H and O–H groups in total. The van der Waals surface area contributed by atoms with Gasteiger partial charge in [-0.2, -0.15) is 0 Å². The molecule has 0 aliphatic carbocycles. The van der Waals surface area contributed by atoms with Crippen molar-refractivity contribution in [1.29, 1.82) is 0 Å². The Labute approximate surface area is 142 Å². The van der Waals surface area contributed by atoms with Crippen molar-refractivity contribution in [2.45, 2.75) is 43.4 Å². The van der Waals surface area contributed by atoms with Crippen molar-refractivity contribution in [2.24, 2.45) is 4.99 Å². The van der Waals surface area contributed by atoms with Gasteiger partial charge in [-0.1, -0.05) is 0 Å². The molecule has 138 valence electrons. The number of ketones is 1. The minimum Gasteiger partial charge on any atom is -0.394 e. The molecule has 9 heteroatoms. The molecule has 0 fully saturated rings. The lowest BCUT2D eigenvalue weighted by atomic mass is 9.92. The first-order valence-electron chi connectivity index (χ1n) is 7.65. The first-order chi connectivity index (χ1) is 11.7. The van der Waals surface area contributed by atoms with Crippen LogP contribution in [0.4, 0.5) is 10.1 Å². The summed E-state index contributed by atoms with van der Waals surface area (Å²) in [4.78, 5) is 16.1. The van der Waals surface area contributed by atoms with E-state index in [1.807, 2.05) is 0 Å². The van der Waals surface area contributed by atoms with Gasteiger partial charge in [0.05, 0.1) is 24.1 Å². The smallest absolute Gasteiger partial charge is 0.181 e. The summed E-state index contributed by atoms with van der Waals surface area (Å²) in [6.45, 7) is -0.848. The molecule has 1 aliphatic heterocycles. The summed E-state index contributed by atoms with van der Waals surface area (Å²) in [5.74, 6) is -0.963. The van der Waals surface area contributed by atoms with Crippen LogP contribution in [0, 0.1) is 5.82 Å². The lowest BCUT2D eigenvalue weighted by Gasteiger charge is -2.28. The Morgan fingerprint density at radius 1 is 1.04 bits per heavy atom. The van der Waals surface area contributed by atoms with Gasteiger partial charge in [-0.15, -0.1) is 0 Å². The summed E-state index contributed by atoms with van der Waals surface area (Å²) < 4.78 is 13.2. The van der Waals surface area contributed by atoms with E-state index < -0.39 is 55.1 Å². The largest absolute Gasteiger partial charge is 0.394 e. The molecule has 1 aliphatic rings. The number of benzene rings is 1. The molecule has 0 spiro atoms. The summed E-state index contributed by atoms with van der Waals surface area (Å²) in [6, 6.07) is 3.75. The van der Waals surface area contributed by atoms with Crippen molar-refractivity contribution in [3.8, 4) is 0 Å². The highest BCUT2D eigenvalue weighted by Gasteiger charge is 2.35. The topological polar surface area (TPSA) is 151 Å². The number of rotatable bonds is 7. The molecule has 1 unspecified atom stereocenters. The molecule has 0 saturated heterocycles. The SMILES string of the molecule is O=C1Cc2cc(F)ccc2N=C1C[C@@H](O)[C@@H](O)C(O)[C@H](O)[C@H](O)CO. The highest BCUT2D eigenvalue weighted by atomic mass is 19.1. The number of halogens is 1. The third-order valence-corrected chi connectivity index (χ3v) is 4.05. The number of carbonyl (C=O) groups excluding carboxylic acids is 1. The number of fused-ring (bicyclic) bond motifs is 1. The molecule has 1 aromatic carbocycles. The average molecular weight is 357 g/mol. The summed E-state index contributed by atoms with van der Waals surface area (Å²) in [7, 11) is 0. The van der Waals surface area contributed by atoms with E-state index in [-0.39, 0.29) is 12.1 Å². The second kappa shape index (κ2) is 8.09. The first-order valence-corrected chi connectivity index (χ1v) is 7.65. The lowest BCUT2D eigenvalue weighted by Crippen LogP contribution is -2.50. The first kappa shape index (κ1) is 19.6. The highest BCUT2D eigenvalue weighted by Crippen LogP contribution is 2.26. The van der Waals surface area contributed by atoms with E-state index in [0.29, 0.717) is 11.3 Å². The third-order valence-electron chi connectivity index (χ3n) is 4.05. The van der Waals surface area contributed by atoms with E-state index in [9.17, 15) is 34.7 Å². The van der Waals surface area contributed by atoms with Crippen molar-refractivity contribution in [2.75, 3.05) is 6.61 Å². The van der Waals surface area contributed by atoms with E-state index >= 15 is 0 Å². The van der Waals surface area contributed by atoms with Crippen LogP contribution in [0.15, 0.2) is 23.2 Å². The van der Waals surface area contributed by atoms with E-state index in [4.69, 9.17) is 5.11 Å². The van der Waals surface area contributed by atoms with Crippen LogP contribution in [0.25, 0.3) is 0 Å². The molecule has 0 radical (unpaired) electrons. The molecule has 5 atom stereocenters. The predicted molar refractivity (Wildman–Crippen MR) is 83.9 cm³/mol. The van der Waals surface area contributed by atoms with Crippen LogP contribution in [0.5, 0.6) is 0 Å². The van der Waals surface area contributed by atoms with E-state index in [0.717, 1.165) is 0 Å². The number of aliphatic hydroxyl groups excluding tert-OH is 6. The van der Waals surface area contributed by atoms with Gasteiger partial charge in [0.2, 0.25) is 0 Å². The Balaban J connectivity index is 2.10. The third kappa shape index (κ3) is 4.46. The normalized spacial score (nSPS) is 20.3. The van der Waals surface area contributed by atoms with Gasteiger partial charge in [-0.25, -0.2) is 9.38 Å². The van der Waals surface area contributed by atoms with Crippen LogP contribution < -0.4 is 0 Å². The molecule has 0 saturated carbocycles. The minimum absolute atomic E-state index is 0.0601. The van der Waals surface area contributed by atoms with E-state index in [1.165, 1.54) is 18.2 Å². The minimum atomic E-state index is -1.95. The van der Waals surface area contributed by atoms with Crippen molar-refractivity contribution in [3.05, 3.63) is 29.6 Å². The molecule has 0 amide bonds. The summed E-state index contributed by atoms with van der Waals surface area (Å²) in [5.41, 5.74) is 0.717. The second-order valence-corrected chi connectivity index (χ2v) is 5.92. The van der Waals surface area contributed by atoms with Gasteiger partial charge in [0.25, 0.3) is 0 Å². The molecule has 1 aromatic rings. The number of aliphatic imine (C=N–C) groups is 1. The molecule has 2 rings (SSSR count). The Morgan fingerprint density at radius 2 is 1.68 bits per heavy atom. The molecular formula is C16H20FNO7. The van der Waals surface area contributed by atoms with Crippen molar-refractivity contribution < 1.29 is 39.8 Å². The molecule has 1 heterocycles. The summed E-state index contributed by atoms with van der Waals surface area (Å²) in [5, 5.41) is 57.2. The van der Waals surface area contributed by atoms with E-state index in [2.05, 4.69) is 4.99 Å². The monoisotopic (exact) mass is 357 g/mol. The molecule has 8 nitrogen and oxygen atoms in total. The zero-order valence-electron chi connectivity index (χ0n) is 13.2. The van der Waals surface area contributed by atoms with Gasteiger partial charge in [0.1, 0.15) is 30.2 Å². The standard InChI is InChI=1S/C16H20FNO7/c17-8-1-2-9-7(3-8)4-11(20)10(18-9)5-12(21)14(23)16(25)15(24)13(22)6-19/h1-3,12-16,19,21-25H,4-6H2/t12-,13-,14-,15-,16?/m1/s1. The number of hydrogen-bond acceptors (Lipinski definition) is 8. The molecule has 25 heavy (non-hydrogen) atoms. The van der Waals surface area contributed by atoms with Gasteiger partial charge >= 0.3 is 0 Å². The molecular weight excluding hydrogens is 337 g/mol. The fraction of sp³-hybridized carbons (Fsp3) is 0.500. The van der Waals surface area contributed by atoms with Gasteiger partial charge in [-0.3, -0.25) is 4.79 Å². The lowest BCUT2D eigenvalue weighted by molar-refractivity contribution is -0.139. The van der Waals surface area contributed by atoms with Gasteiger partial charge < -0.3 is 30.6 Å².